The molecule has 130 valence electrons. The highest BCUT2D eigenvalue weighted by atomic mass is 35.5. The number of aldehydes is 1. The maximum absolute atomic E-state index is 11.2. The molecule has 0 aliphatic carbocycles. The minimum Gasteiger partial charge on any atom is -1.00 e. The van der Waals surface area contributed by atoms with Gasteiger partial charge >= 0.3 is 0 Å². The molecule has 1 saturated heterocycles. The number of benzene rings is 1. The van der Waals surface area contributed by atoms with Crippen LogP contribution >= 0.6 is 11.3 Å². The average Bonchev–Trinajstić information content (AvgIpc) is 3.32. The summed E-state index contributed by atoms with van der Waals surface area (Å²) in [5.41, 5.74) is 2.92. The zero-order chi connectivity index (χ0) is 16.4. The lowest BCUT2D eigenvalue weighted by molar-refractivity contribution is -0.663. The maximum atomic E-state index is 11.2. The number of rotatable bonds is 4. The highest BCUT2D eigenvalue weighted by Crippen LogP contribution is 2.32. The zero-order valence-electron chi connectivity index (χ0n) is 13.5. The summed E-state index contributed by atoms with van der Waals surface area (Å²) in [4.78, 5) is 15.9. The molecule has 1 fully saturated rings. The van der Waals surface area contributed by atoms with Gasteiger partial charge in [0.1, 0.15) is 11.4 Å². The second kappa shape index (κ2) is 7.91. The number of quaternary nitrogens is 1. The minimum absolute atomic E-state index is 0. The number of carbonyl (C=O) groups is 1. The topological polar surface area (TPSA) is 72.6 Å². The monoisotopic (exact) mass is 375 g/mol. The number of carbonyl (C=O) groups excluding carboxylic acids is 1. The van der Waals surface area contributed by atoms with Crippen molar-refractivity contribution >= 4 is 17.6 Å². The molecule has 0 saturated carbocycles. The summed E-state index contributed by atoms with van der Waals surface area (Å²) in [6.45, 7) is 2.35. The van der Waals surface area contributed by atoms with Crippen LogP contribution in [0.25, 0.3) is 22.7 Å². The third-order valence-corrected chi connectivity index (χ3v) is 5.44. The van der Waals surface area contributed by atoms with Gasteiger partial charge in [-0.15, -0.1) is 11.3 Å². The van der Waals surface area contributed by atoms with Crippen molar-refractivity contribution in [2.24, 2.45) is 0 Å². The van der Waals surface area contributed by atoms with Gasteiger partial charge < -0.3 is 22.2 Å². The van der Waals surface area contributed by atoms with Crippen molar-refractivity contribution in [2.75, 3.05) is 13.1 Å². The molecule has 0 unspecified atom stereocenters. The highest BCUT2D eigenvalue weighted by Gasteiger charge is 2.21. The number of aromatic nitrogens is 2. The van der Waals surface area contributed by atoms with Gasteiger partial charge in [0.2, 0.25) is 0 Å². The van der Waals surface area contributed by atoms with Gasteiger partial charge in [-0.05, 0) is 0 Å². The number of hydrogen-bond acceptors (Lipinski definition) is 5. The first-order valence-corrected chi connectivity index (χ1v) is 9.02. The van der Waals surface area contributed by atoms with Crippen molar-refractivity contribution in [1.82, 2.24) is 10.1 Å². The Bertz CT molecular complexity index is 855. The van der Waals surface area contributed by atoms with Crippen LogP contribution in [-0.2, 0) is 0 Å². The first-order chi connectivity index (χ1) is 11.8. The van der Waals surface area contributed by atoms with E-state index >= 15 is 0 Å². The van der Waals surface area contributed by atoms with Crippen molar-refractivity contribution < 1.29 is 27.0 Å². The van der Waals surface area contributed by atoms with Crippen molar-refractivity contribution in [3.05, 3.63) is 46.3 Å². The smallest absolute Gasteiger partial charge is 0.168 e. The van der Waals surface area contributed by atoms with E-state index in [9.17, 15) is 4.79 Å². The van der Waals surface area contributed by atoms with E-state index in [2.05, 4.69) is 10.5 Å². The lowest BCUT2D eigenvalue weighted by Gasteiger charge is -2.17. The maximum Gasteiger partial charge on any atom is 0.168 e. The van der Waals surface area contributed by atoms with Crippen LogP contribution in [0.2, 0.25) is 0 Å². The van der Waals surface area contributed by atoms with Crippen LogP contribution in [0.1, 0.15) is 34.1 Å². The number of piperidine rings is 1. The fraction of sp³-hybridized carbons (Fsp3) is 0.278. The summed E-state index contributed by atoms with van der Waals surface area (Å²) in [5, 5.41) is 9.74. The minimum atomic E-state index is 0. The van der Waals surface area contributed by atoms with E-state index in [4.69, 9.17) is 9.51 Å². The van der Waals surface area contributed by atoms with E-state index in [1.54, 1.807) is 17.4 Å². The molecule has 2 N–H and O–H groups in total. The van der Waals surface area contributed by atoms with Gasteiger partial charge in [0.05, 0.1) is 18.1 Å². The molecule has 3 aromatic rings. The average molecular weight is 376 g/mol. The molecule has 1 aromatic carbocycles. The molecule has 0 atom stereocenters. The first-order valence-electron chi connectivity index (χ1n) is 8.14. The summed E-state index contributed by atoms with van der Waals surface area (Å²) in [6, 6.07) is 9.20. The summed E-state index contributed by atoms with van der Waals surface area (Å²) in [6.07, 6.45) is 3.20. The first kappa shape index (κ1) is 17.8. The van der Waals surface area contributed by atoms with E-state index in [-0.39, 0.29) is 12.4 Å². The quantitative estimate of drug-likeness (QED) is 0.637. The van der Waals surface area contributed by atoms with Crippen molar-refractivity contribution in [1.29, 1.82) is 0 Å². The molecule has 25 heavy (non-hydrogen) atoms. The predicted octanol–water partition coefficient (Wildman–Crippen LogP) is -0.278. The van der Waals surface area contributed by atoms with Gasteiger partial charge in [0.25, 0.3) is 0 Å². The standard InChI is InChI=1S/C18H17N3O2S.ClH/c22-10-13-3-1-2-4-14(13)17-9-15(21-23-17)16-11-24-18(20-16)12-5-7-19-8-6-12;/h1-4,9-12,19H,5-8H2;1H. The molecular formula is C18H18ClN3O2S. The Morgan fingerprint density at radius 2 is 2.00 bits per heavy atom. The number of halogens is 1. The second-order valence-corrected chi connectivity index (χ2v) is 6.88. The van der Waals surface area contributed by atoms with Gasteiger partial charge in [-0.25, -0.2) is 4.98 Å². The number of thiazole rings is 1. The molecular weight excluding hydrogens is 358 g/mol. The van der Waals surface area contributed by atoms with Gasteiger partial charge in [0.15, 0.2) is 12.0 Å². The number of nitrogens with zero attached hydrogens (tertiary/aromatic N) is 2. The summed E-state index contributed by atoms with van der Waals surface area (Å²) < 4.78 is 5.45. The molecule has 0 amide bonds. The SMILES string of the molecule is O=Cc1ccccc1-c1cc(-c2csc(C3CC[NH2+]CC3)n2)no1.[Cl-]. The summed E-state index contributed by atoms with van der Waals surface area (Å²) in [5.74, 6) is 1.16. The fourth-order valence-corrected chi connectivity index (χ4v) is 4.10. The van der Waals surface area contributed by atoms with E-state index in [0.717, 1.165) is 23.2 Å². The van der Waals surface area contributed by atoms with Crippen LogP contribution in [0.15, 0.2) is 40.2 Å². The molecule has 3 heterocycles. The lowest BCUT2D eigenvalue weighted by atomic mass is 9.99. The van der Waals surface area contributed by atoms with Crippen LogP contribution < -0.4 is 17.7 Å². The molecule has 0 bridgehead atoms. The zero-order valence-corrected chi connectivity index (χ0v) is 15.1. The largest absolute Gasteiger partial charge is 1.00 e. The molecule has 2 aromatic heterocycles. The van der Waals surface area contributed by atoms with Crippen LogP contribution in [0.5, 0.6) is 0 Å². The van der Waals surface area contributed by atoms with E-state index < -0.39 is 0 Å². The molecule has 1 aliphatic rings. The van der Waals surface area contributed by atoms with Gasteiger partial charge in [-0.3, -0.25) is 4.79 Å². The Labute approximate surface area is 155 Å². The van der Waals surface area contributed by atoms with E-state index in [1.807, 2.05) is 29.6 Å². The van der Waals surface area contributed by atoms with Crippen molar-refractivity contribution in [2.45, 2.75) is 18.8 Å². The molecule has 7 heteroatoms. The normalized spacial score (nSPS) is 14.9. The predicted molar refractivity (Wildman–Crippen MR) is 92.1 cm³/mol. The third kappa shape index (κ3) is 3.66. The Balaban J connectivity index is 0.00000182. The fourth-order valence-electron chi connectivity index (χ4n) is 3.11. The highest BCUT2D eigenvalue weighted by molar-refractivity contribution is 7.10. The summed E-state index contributed by atoms with van der Waals surface area (Å²) in [7, 11) is 0. The second-order valence-electron chi connectivity index (χ2n) is 5.99. The van der Waals surface area contributed by atoms with E-state index in [0.29, 0.717) is 17.2 Å². The number of hydrogen-bond donors (Lipinski definition) is 1. The van der Waals surface area contributed by atoms with Gasteiger partial charge in [0, 0.05) is 41.3 Å². The van der Waals surface area contributed by atoms with Crippen molar-refractivity contribution in [3.63, 3.8) is 0 Å². The van der Waals surface area contributed by atoms with Crippen molar-refractivity contribution in [3.8, 4) is 22.7 Å². The van der Waals surface area contributed by atoms with Gasteiger partial charge in [-0.1, -0.05) is 29.4 Å². The van der Waals surface area contributed by atoms with Gasteiger partial charge in [-0.2, -0.15) is 0 Å². The lowest BCUT2D eigenvalue weighted by Crippen LogP contribution is -3.00. The Morgan fingerprint density at radius 3 is 2.80 bits per heavy atom. The van der Waals surface area contributed by atoms with Crippen LogP contribution in [-0.4, -0.2) is 29.5 Å². The molecule has 1 aliphatic heterocycles. The third-order valence-electron chi connectivity index (χ3n) is 4.44. The molecule has 5 nitrogen and oxygen atoms in total. The Kier molecular flexibility index (Phi) is 5.63. The van der Waals surface area contributed by atoms with Crippen LogP contribution in [0.3, 0.4) is 0 Å². The number of nitrogens with two attached hydrogens (primary N) is 1. The van der Waals surface area contributed by atoms with Crippen LogP contribution in [0.4, 0.5) is 0 Å². The molecule has 0 radical (unpaired) electrons. The Morgan fingerprint density at radius 1 is 1.20 bits per heavy atom. The summed E-state index contributed by atoms with van der Waals surface area (Å²) >= 11 is 1.70. The molecule has 0 spiro atoms. The van der Waals surface area contributed by atoms with Crippen LogP contribution in [0, 0.1) is 0 Å². The molecule has 4 rings (SSSR count). The van der Waals surface area contributed by atoms with E-state index in [1.165, 1.54) is 30.9 Å². The Hall–Kier alpha value is -2.02.